The van der Waals surface area contributed by atoms with E-state index in [2.05, 4.69) is 28.0 Å². The summed E-state index contributed by atoms with van der Waals surface area (Å²) >= 11 is 10.1. The van der Waals surface area contributed by atoms with Crippen LogP contribution >= 0.6 is 45.5 Å². The number of hydrogen-bond donors (Lipinski definition) is 0. The predicted molar refractivity (Wildman–Crippen MR) is 70.7 cm³/mol. The van der Waals surface area contributed by atoms with E-state index in [1.807, 2.05) is 19.1 Å². The molecule has 0 amide bonds. The fourth-order valence-electron chi connectivity index (χ4n) is 1.30. The fourth-order valence-corrected chi connectivity index (χ4v) is 3.44. The van der Waals surface area contributed by atoms with Crippen LogP contribution in [0.1, 0.15) is 6.92 Å². The maximum atomic E-state index is 6.13. The molecule has 14 heavy (non-hydrogen) atoms. The molecular formula is C10H8ClIOS. The van der Waals surface area contributed by atoms with Crippen LogP contribution in [-0.2, 0) is 0 Å². The summed E-state index contributed by atoms with van der Waals surface area (Å²) in [6, 6.07) is 3.93. The molecule has 0 saturated heterocycles. The maximum Gasteiger partial charge on any atom is 0.135 e. The van der Waals surface area contributed by atoms with Gasteiger partial charge >= 0.3 is 0 Å². The summed E-state index contributed by atoms with van der Waals surface area (Å²) in [4.78, 5) is 0. The predicted octanol–water partition coefficient (Wildman–Crippen LogP) is 4.56. The van der Waals surface area contributed by atoms with Gasteiger partial charge in [-0.1, -0.05) is 11.6 Å². The van der Waals surface area contributed by atoms with Crippen LogP contribution < -0.4 is 4.74 Å². The second-order valence-electron chi connectivity index (χ2n) is 2.77. The maximum absolute atomic E-state index is 6.13. The third-order valence-electron chi connectivity index (χ3n) is 1.90. The Kier molecular flexibility index (Phi) is 3.19. The molecule has 2 rings (SSSR count). The lowest BCUT2D eigenvalue weighted by Gasteiger charge is -2.07. The van der Waals surface area contributed by atoms with E-state index in [0.29, 0.717) is 6.61 Å². The van der Waals surface area contributed by atoms with Gasteiger partial charge in [0.2, 0.25) is 0 Å². The van der Waals surface area contributed by atoms with E-state index in [4.69, 9.17) is 16.3 Å². The summed E-state index contributed by atoms with van der Waals surface area (Å²) in [5, 5.41) is 3.93. The van der Waals surface area contributed by atoms with Crippen LogP contribution in [0.4, 0.5) is 0 Å². The molecule has 74 valence electrons. The number of ether oxygens (including phenoxy) is 1. The van der Waals surface area contributed by atoms with E-state index >= 15 is 0 Å². The summed E-state index contributed by atoms with van der Waals surface area (Å²) in [7, 11) is 0. The molecule has 0 radical (unpaired) electrons. The van der Waals surface area contributed by atoms with E-state index in [-0.39, 0.29) is 0 Å². The highest BCUT2D eigenvalue weighted by Crippen LogP contribution is 2.37. The summed E-state index contributed by atoms with van der Waals surface area (Å²) < 4.78 is 7.87. The van der Waals surface area contributed by atoms with Gasteiger partial charge in [0.05, 0.1) is 19.9 Å². The van der Waals surface area contributed by atoms with E-state index in [0.717, 1.165) is 19.7 Å². The average Bonchev–Trinajstić information content (AvgIpc) is 2.63. The van der Waals surface area contributed by atoms with Crippen molar-refractivity contribution < 1.29 is 4.74 Å². The van der Waals surface area contributed by atoms with Crippen molar-refractivity contribution in [3.05, 3.63) is 26.1 Å². The first kappa shape index (κ1) is 10.5. The van der Waals surface area contributed by atoms with Gasteiger partial charge in [0.1, 0.15) is 5.75 Å². The molecule has 0 fully saturated rings. The van der Waals surface area contributed by atoms with Gasteiger partial charge in [-0.3, -0.25) is 0 Å². The molecule has 0 atom stereocenters. The molecule has 1 aromatic heterocycles. The first-order valence-electron chi connectivity index (χ1n) is 4.22. The van der Waals surface area contributed by atoms with Crippen molar-refractivity contribution in [1.82, 2.24) is 0 Å². The second-order valence-corrected chi connectivity index (χ2v) is 5.17. The van der Waals surface area contributed by atoms with Crippen molar-refractivity contribution in [2.24, 2.45) is 0 Å². The van der Waals surface area contributed by atoms with E-state index in [1.165, 1.54) is 4.70 Å². The number of fused-ring (bicyclic) bond motifs is 1. The minimum atomic E-state index is 0.670. The summed E-state index contributed by atoms with van der Waals surface area (Å²) in [6.45, 7) is 2.64. The highest BCUT2D eigenvalue weighted by atomic mass is 127. The standard InChI is InChI=1S/C10H8ClIOS/c1-2-13-8-5-7(11)6-3-4-14-10(6)9(8)12/h3-5H,2H2,1H3. The lowest BCUT2D eigenvalue weighted by Crippen LogP contribution is -1.93. The van der Waals surface area contributed by atoms with Gasteiger partial charge in [0.15, 0.2) is 0 Å². The van der Waals surface area contributed by atoms with E-state index < -0.39 is 0 Å². The highest BCUT2D eigenvalue weighted by Gasteiger charge is 2.10. The van der Waals surface area contributed by atoms with Gasteiger partial charge in [-0.15, -0.1) is 11.3 Å². The quantitative estimate of drug-likeness (QED) is 0.730. The summed E-state index contributed by atoms with van der Waals surface area (Å²) in [5.74, 6) is 0.882. The molecule has 2 aromatic rings. The number of benzene rings is 1. The molecule has 1 heterocycles. The van der Waals surface area contributed by atoms with Gasteiger partial charge in [-0.25, -0.2) is 0 Å². The van der Waals surface area contributed by atoms with Gasteiger partial charge in [0.25, 0.3) is 0 Å². The molecule has 1 aromatic carbocycles. The summed E-state index contributed by atoms with van der Waals surface area (Å²) in [5.41, 5.74) is 0. The number of rotatable bonds is 2. The number of halogens is 2. The Labute approximate surface area is 105 Å². The largest absolute Gasteiger partial charge is 0.493 e. The third kappa shape index (κ3) is 1.73. The van der Waals surface area contributed by atoms with Crippen molar-refractivity contribution in [1.29, 1.82) is 0 Å². The normalized spacial score (nSPS) is 10.8. The van der Waals surface area contributed by atoms with E-state index in [1.54, 1.807) is 11.3 Å². The van der Waals surface area contributed by atoms with Crippen LogP contribution in [0.3, 0.4) is 0 Å². The van der Waals surface area contributed by atoms with Gasteiger partial charge < -0.3 is 4.74 Å². The van der Waals surface area contributed by atoms with Crippen molar-refractivity contribution in [2.75, 3.05) is 6.61 Å². The molecular weight excluding hydrogens is 331 g/mol. The number of thiophene rings is 1. The van der Waals surface area contributed by atoms with Crippen LogP contribution in [-0.4, -0.2) is 6.61 Å². The molecule has 0 unspecified atom stereocenters. The third-order valence-corrected chi connectivity index (χ3v) is 4.58. The molecule has 0 aliphatic carbocycles. The topological polar surface area (TPSA) is 9.23 Å². The van der Waals surface area contributed by atoms with Crippen LogP contribution in [0.25, 0.3) is 10.1 Å². The Balaban J connectivity index is 2.68. The minimum Gasteiger partial charge on any atom is -0.493 e. The fraction of sp³-hybridized carbons (Fsp3) is 0.200. The first-order valence-corrected chi connectivity index (χ1v) is 6.55. The summed E-state index contributed by atoms with van der Waals surface area (Å²) in [6.07, 6.45) is 0. The molecule has 4 heteroatoms. The molecule has 0 bridgehead atoms. The molecule has 0 saturated carbocycles. The first-order chi connectivity index (χ1) is 6.74. The van der Waals surface area contributed by atoms with Gasteiger partial charge in [0, 0.05) is 11.5 Å². The van der Waals surface area contributed by atoms with Gasteiger partial charge in [-0.2, -0.15) is 0 Å². The molecule has 0 spiro atoms. The zero-order valence-electron chi connectivity index (χ0n) is 7.51. The minimum absolute atomic E-state index is 0.670. The van der Waals surface area contributed by atoms with Crippen molar-refractivity contribution in [3.8, 4) is 5.75 Å². The molecule has 0 aliphatic heterocycles. The lowest BCUT2D eigenvalue weighted by molar-refractivity contribution is 0.338. The van der Waals surface area contributed by atoms with E-state index in [9.17, 15) is 0 Å². The number of hydrogen-bond acceptors (Lipinski definition) is 2. The Hall–Kier alpha value is -0.000000000000000111. The van der Waals surface area contributed by atoms with Crippen molar-refractivity contribution in [3.63, 3.8) is 0 Å². The van der Waals surface area contributed by atoms with Gasteiger partial charge in [-0.05, 0) is 41.0 Å². The van der Waals surface area contributed by atoms with Crippen LogP contribution in [0, 0.1) is 3.57 Å². The molecule has 1 nitrogen and oxygen atoms in total. The van der Waals surface area contributed by atoms with Crippen molar-refractivity contribution in [2.45, 2.75) is 6.92 Å². The molecule has 0 N–H and O–H groups in total. The Bertz CT molecular complexity index is 466. The smallest absolute Gasteiger partial charge is 0.135 e. The van der Waals surface area contributed by atoms with Crippen LogP contribution in [0.2, 0.25) is 5.02 Å². The highest BCUT2D eigenvalue weighted by molar-refractivity contribution is 14.1. The van der Waals surface area contributed by atoms with Crippen LogP contribution in [0.15, 0.2) is 17.5 Å². The monoisotopic (exact) mass is 338 g/mol. The second kappa shape index (κ2) is 4.24. The zero-order valence-corrected chi connectivity index (χ0v) is 11.2. The Morgan fingerprint density at radius 2 is 2.36 bits per heavy atom. The Morgan fingerprint density at radius 3 is 3.07 bits per heavy atom. The SMILES string of the molecule is CCOc1cc(Cl)c2ccsc2c1I. The van der Waals surface area contributed by atoms with Crippen molar-refractivity contribution >= 4 is 55.6 Å². The van der Waals surface area contributed by atoms with Crippen LogP contribution in [0.5, 0.6) is 5.75 Å². The zero-order chi connectivity index (χ0) is 10.1. The lowest BCUT2D eigenvalue weighted by atomic mass is 10.2. The molecule has 0 aliphatic rings. The average molecular weight is 339 g/mol. The Morgan fingerprint density at radius 1 is 1.57 bits per heavy atom.